The Balaban J connectivity index is 2.72. The average molecular weight is 274 g/mol. The minimum Gasteiger partial charge on any atom is -0.380 e. The number of hydrogen-bond acceptors (Lipinski definition) is 1. The molecule has 0 aliphatic carbocycles. The van der Waals surface area contributed by atoms with E-state index < -0.39 is 0 Å². The van der Waals surface area contributed by atoms with Gasteiger partial charge >= 0.3 is 0 Å². The van der Waals surface area contributed by atoms with Gasteiger partial charge in [-0.2, -0.15) is 0 Å². The molecule has 0 radical (unpaired) electrons. The quantitative estimate of drug-likeness (QED) is 0.856. The smallest absolute Gasteiger partial charge is 0.147 e. The molecule has 84 valence electrons. The van der Waals surface area contributed by atoms with Gasteiger partial charge in [0.05, 0.1) is 5.69 Å². The fraction of sp³-hybridized carbons (Fsp3) is 0.500. The molecule has 15 heavy (non-hydrogen) atoms. The number of benzene rings is 1. The Bertz CT molecular complexity index is 327. The van der Waals surface area contributed by atoms with E-state index in [1.807, 2.05) is 6.07 Å². The van der Waals surface area contributed by atoms with Crippen molar-refractivity contribution in [2.45, 2.75) is 33.2 Å². The SMILES string of the molecule is CCC(C)C(C)Nc1ccc(Br)cc1F. The minimum absolute atomic E-state index is 0.209. The molecule has 0 amide bonds. The summed E-state index contributed by atoms with van der Waals surface area (Å²) in [5.41, 5.74) is 0.575. The molecule has 0 fully saturated rings. The van der Waals surface area contributed by atoms with Crippen LogP contribution >= 0.6 is 15.9 Å². The molecule has 0 saturated carbocycles. The first-order chi connectivity index (χ1) is 7.04. The molecule has 0 bridgehead atoms. The van der Waals surface area contributed by atoms with Crippen LogP contribution in [0.15, 0.2) is 22.7 Å². The maximum atomic E-state index is 13.5. The van der Waals surface area contributed by atoms with E-state index >= 15 is 0 Å². The Kier molecular flexibility index (Phi) is 4.58. The summed E-state index contributed by atoms with van der Waals surface area (Å²) in [4.78, 5) is 0. The minimum atomic E-state index is -0.209. The van der Waals surface area contributed by atoms with Gasteiger partial charge in [-0.15, -0.1) is 0 Å². The summed E-state index contributed by atoms with van der Waals surface area (Å²) in [5, 5.41) is 3.19. The standard InChI is InChI=1S/C12H17BrFN/c1-4-8(2)9(3)15-12-6-5-10(13)7-11(12)14/h5-9,15H,4H2,1-3H3. The zero-order valence-corrected chi connectivity index (χ0v) is 10.9. The fourth-order valence-corrected chi connectivity index (χ4v) is 1.68. The van der Waals surface area contributed by atoms with E-state index in [1.165, 1.54) is 6.07 Å². The van der Waals surface area contributed by atoms with Gasteiger partial charge in [-0.05, 0) is 31.0 Å². The van der Waals surface area contributed by atoms with Gasteiger partial charge in [0.1, 0.15) is 5.82 Å². The average Bonchev–Trinajstić information content (AvgIpc) is 2.20. The van der Waals surface area contributed by atoms with Gasteiger partial charge in [-0.1, -0.05) is 36.2 Å². The lowest BCUT2D eigenvalue weighted by molar-refractivity contribution is 0.491. The summed E-state index contributed by atoms with van der Waals surface area (Å²) in [6.07, 6.45) is 1.09. The van der Waals surface area contributed by atoms with E-state index in [1.54, 1.807) is 6.07 Å². The van der Waals surface area contributed by atoms with Crippen molar-refractivity contribution in [2.75, 3.05) is 5.32 Å². The third-order valence-corrected chi connectivity index (χ3v) is 3.31. The lowest BCUT2D eigenvalue weighted by atomic mass is 10.0. The number of rotatable bonds is 4. The predicted molar refractivity (Wildman–Crippen MR) is 66.6 cm³/mol. The molecule has 1 nitrogen and oxygen atoms in total. The highest BCUT2D eigenvalue weighted by molar-refractivity contribution is 9.10. The zero-order valence-electron chi connectivity index (χ0n) is 9.35. The summed E-state index contributed by atoms with van der Waals surface area (Å²) in [6, 6.07) is 5.37. The second-order valence-electron chi connectivity index (χ2n) is 3.94. The lowest BCUT2D eigenvalue weighted by Gasteiger charge is -2.21. The molecule has 3 heteroatoms. The molecule has 1 N–H and O–H groups in total. The van der Waals surface area contributed by atoms with E-state index in [0.717, 1.165) is 10.9 Å². The Morgan fingerprint density at radius 1 is 1.40 bits per heavy atom. The Morgan fingerprint density at radius 2 is 2.07 bits per heavy atom. The molecule has 0 aromatic heterocycles. The van der Waals surface area contributed by atoms with Gasteiger partial charge in [0.2, 0.25) is 0 Å². The number of anilines is 1. The maximum Gasteiger partial charge on any atom is 0.147 e. The topological polar surface area (TPSA) is 12.0 Å². The highest BCUT2D eigenvalue weighted by Gasteiger charge is 2.11. The molecule has 0 saturated heterocycles. The van der Waals surface area contributed by atoms with Gasteiger partial charge in [0.15, 0.2) is 0 Å². The van der Waals surface area contributed by atoms with E-state index in [2.05, 4.69) is 42.0 Å². The molecule has 0 aliphatic heterocycles. The summed E-state index contributed by atoms with van der Waals surface area (Å²) in [7, 11) is 0. The lowest BCUT2D eigenvalue weighted by Crippen LogP contribution is -2.23. The summed E-state index contributed by atoms with van der Waals surface area (Å²) in [6.45, 7) is 6.38. The number of hydrogen-bond donors (Lipinski definition) is 1. The van der Waals surface area contributed by atoms with Gasteiger partial charge in [0.25, 0.3) is 0 Å². The van der Waals surface area contributed by atoms with Gasteiger partial charge < -0.3 is 5.32 Å². The van der Waals surface area contributed by atoms with Crippen LogP contribution in [0.25, 0.3) is 0 Å². The Labute approximate surface area is 99.2 Å². The molecule has 1 rings (SSSR count). The first-order valence-electron chi connectivity index (χ1n) is 5.26. The second-order valence-corrected chi connectivity index (χ2v) is 4.86. The highest BCUT2D eigenvalue weighted by atomic mass is 79.9. The van der Waals surface area contributed by atoms with Gasteiger partial charge in [-0.3, -0.25) is 0 Å². The first kappa shape index (κ1) is 12.5. The normalized spacial score (nSPS) is 14.7. The van der Waals surface area contributed by atoms with Crippen LogP contribution < -0.4 is 5.32 Å². The fourth-order valence-electron chi connectivity index (χ4n) is 1.35. The van der Waals surface area contributed by atoms with Crippen LogP contribution in [0.5, 0.6) is 0 Å². The van der Waals surface area contributed by atoms with Crippen molar-refractivity contribution in [2.24, 2.45) is 5.92 Å². The van der Waals surface area contributed by atoms with Crippen LogP contribution in [-0.2, 0) is 0 Å². The zero-order chi connectivity index (χ0) is 11.4. The first-order valence-corrected chi connectivity index (χ1v) is 6.05. The largest absolute Gasteiger partial charge is 0.380 e. The van der Waals surface area contributed by atoms with Crippen molar-refractivity contribution >= 4 is 21.6 Å². The molecule has 0 heterocycles. The van der Waals surface area contributed by atoms with Crippen molar-refractivity contribution in [3.63, 3.8) is 0 Å². The van der Waals surface area contributed by atoms with E-state index in [0.29, 0.717) is 11.6 Å². The van der Waals surface area contributed by atoms with Crippen molar-refractivity contribution in [1.82, 2.24) is 0 Å². The predicted octanol–water partition coefficient (Wildman–Crippen LogP) is 4.43. The monoisotopic (exact) mass is 273 g/mol. The summed E-state index contributed by atoms with van der Waals surface area (Å²) < 4.78 is 14.3. The molecule has 0 aliphatic rings. The summed E-state index contributed by atoms with van der Waals surface area (Å²) >= 11 is 3.24. The molecular formula is C12H17BrFN. The van der Waals surface area contributed by atoms with Crippen LogP contribution in [0.2, 0.25) is 0 Å². The van der Waals surface area contributed by atoms with Crippen molar-refractivity contribution < 1.29 is 4.39 Å². The van der Waals surface area contributed by atoms with E-state index in [4.69, 9.17) is 0 Å². The van der Waals surface area contributed by atoms with Gasteiger partial charge in [0, 0.05) is 10.5 Å². The number of nitrogens with one attached hydrogen (secondary N) is 1. The van der Waals surface area contributed by atoms with Crippen LogP contribution in [-0.4, -0.2) is 6.04 Å². The number of halogens is 2. The second kappa shape index (κ2) is 5.50. The van der Waals surface area contributed by atoms with Crippen molar-refractivity contribution in [3.8, 4) is 0 Å². The molecule has 1 aromatic carbocycles. The molecular weight excluding hydrogens is 257 g/mol. The van der Waals surface area contributed by atoms with Crippen LogP contribution in [0.1, 0.15) is 27.2 Å². The van der Waals surface area contributed by atoms with Crippen LogP contribution in [0.4, 0.5) is 10.1 Å². The third kappa shape index (κ3) is 3.49. The third-order valence-electron chi connectivity index (χ3n) is 2.81. The van der Waals surface area contributed by atoms with E-state index in [-0.39, 0.29) is 11.9 Å². The molecule has 2 atom stereocenters. The van der Waals surface area contributed by atoms with Crippen LogP contribution in [0, 0.1) is 11.7 Å². The molecule has 0 spiro atoms. The van der Waals surface area contributed by atoms with Gasteiger partial charge in [-0.25, -0.2) is 4.39 Å². The summed E-state index contributed by atoms with van der Waals surface area (Å²) in [5.74, 6) is 0.326. The maximum absolute atomic E-state index is 13.5. The highest BCUT2D eigenvalue weighted by Crippen LogP contribution is 2.21. The van der Waals surface area contributed by atoms with Crippen LogP contribution in [0.3, 0.4) is 0 Å². The van der Waals surface area contributed by atoms with E-state index in [9.17, 15) is 4.39 Å². The molecule has 1 aromatic rings. The van der Waals surface area contributed by atoms with Crippen molar-refractivity contribution in [3.05, 3.63) is 28.5 Å². The Morgan fingerprint density at radius 3 is 2.60 bits per heavy atom. The molecule has 2 unspecified atom stereocenters. The van der Waals surface area contributed by atoms with Crippen molar-refractivity contribution in [1.29, 1.82) is 0 Å². The Hall–Kier alpha value is -0.570.